The van der Waals surface area contributed by atoms with E-state index < -0.39 is 0 Å². The van der Waals surface area contributed by atoms with Crippen LogP contribution in [0.2, 0.25) is 0 Å². The number of fused-ring (bicyclic) bond motifs is 5. The van der Waals surface area contributed by atoms with Gasteiger partial charge in [0, 0.05) is 35.0 Å². The quantitative estimate of drug-likeness (QED) is 0.193. The number of hydrogen-bond acceptors (Lipinski definition) is 1. The van der Waals surface area contributed by atoms with Crippen LogP contribution in [-0.4, -0.2) is 0 Å². The van der Waals surface area contributed by atoms with Gasteiger partial charge in [-0.1, -0.05) is 99.6 Å². The summed E-state index contributed by atoms with van der Waals surface area (Å²) >= 11 is 0. The lowest BCUT2D eigenvalue weighted by Crippen LogP contribution is -2.55. The van der Waals surface area contributed by atoms with Gasteiger partial charge in [-0.05, 0) is 59.5 Å². The molecule has 0 fully saturated rings. The Morgan fingerprint density at radius 3 is 1.83 bits per heavy atom. The fraction of sp³-hybridized carbons (Fsp3) is 0.205. The minimum absolute atomic E-state index is 0.103. The number of pyridine rings is 1. The van der Waals surface area contributed by atoms with Crippen LogP contribution in [0.4, 0.5) is 17.1 Å². The van der Waals surface area contributed by atoms with Crippen molar-refractivity contribution in [3.63, 3.8) is 0 Å². The van der Waals surface area contributed by atoms with Crippen molar-refractivity contribution < 1.29 is 4.57 Å². The lowest BCUT2D eigenvalue weighted by molar-refractivity contribution is -0.725. The minimum Gasteiger partial charge on any atom is -0.309 e. The lowest BCUT2D eigenvalue weighted by Gasteiger charge is -2.41. The maximum absolute atomic E-state index is 2.55. The monoisotopic (exact) mass is 533 g/mol. The first-order chi connectivity index (χ1) is 20.2. The summed E-state index contributed by atoms with van der Waals surface area (Å²) in [6.45, 7) is 7.09. The number of benzene rings is 5. The topological polar surface area (TPSA) is 7.12 Å². The second-order valence-electron chi connectivity index (χ2n) is 11.3. The van der Waals surface area contributed by atoms with Crippen molar-refractivity contribution in [1.29, 1.82) is 0 Å². The third kappa shape index (κ3) is 3.89. The van der Waals surface area contributed by atoms with Gasteiger partial charge in [0.2, 0.25) is 5.69 Å². The summed E-state index contributed by atoms with van der Waals surface area (Å²) in [6.07, 6.45) is 5.65. The second-order valence-corrected chi connectivity index (χ2v) is 11.3. The smallest absolute Gasteiger partial charge is 0.213 e. The Kier molecular flexibility index (Phi) is 6.35. The third-order valence-electron chi connectivity index (χ3n) is 9.60. The van der Waals surface area contributed by atoms with Crippen molar-refractivity contribution in [3.05, 3.63) is 133 Å². The summed E-state index contributed by atoms with van der Waals surface area (Å²) in [7, 11) is 0. The molecule has 2 nitrogen and oxygen atoms in total. The van der Waals surface area contributed by atoms with Gasteiger partial charge < -0.3 is 4.90 Å². The molecule has 41 heavy (non-hydrogen) atoms. The summed E-state index contributed by atoms with van der Waals surface area (Å²) in [4.78, 5) is 2.48. The van der Waals surface area contributed by atoms with Gasteiger partial charge in [0.1, 0.15) is 0 Å². The van der Waals surface area contributed by atoms with Gasteiger partial charge >= 0.3 is 0 Å². The molecule has 0 amide bonds. The van der Waals surface area contributed by atoms with Crippen LogP contribution in [0.15, 0.2) is 128 Å². The van der Waals surface area contributed by atoms with E-state index in [1.54, 1.807) is 0 Å². The summed E-state index contributed by atoms with van der Waals surface area (Å²) in [5, 5.41) is 4.99. The number of anilines is 3. The molecule has 0 aliphatic carbocycles. The van der Waals surface area contributed by atoms with Gasteiger partial charge in [-0.3, -0.25) is 0 Å². The first-order valence-corrected chi connectivity index (χ1v) is 15.1. The number of hydrogen-bond donors (Lipinski definition) is 0. The molecule has 2 heterocycles. The first-order valence-electron chi connectivity index (χ1n) is 15.1. The normalized spacial score (nSPS) is 15.4. The van der Waals surface area contributed by atoms with Crippen molar-refractivity contribution >= 4 is 38.6 Å². The van der Waals surface area contributed by atoms with E-state index in [1.165, 1.54) is 55.4 Å². The molecule has 0 saturated carbocycles. The molecule has 0 saturated heterocycles. The van der Waals surface area contributed by atoms with Crippen LogP contribution < -0.4 is 9.47 Å². The van der Waals surface area contributed by atoms with Crippen LogP contribution in [0, 0.1) is 0 Å². The molecule has 0 spiro atoms. The number of rotatable bonds is 6. The molecule has 7 rings (SSSR count). The highest BCUT2D eigenvalue weighted by Gasteiger charge is 2.49. The summed E-state index contributed by atoms with van der Waals surface area (Å²) in [5.41, 5.74) is 7.82. The van der Waals surface area contributed by atoms with Gasteiger partial charge in [-0.25, -0.2) is 0 Å². The van der Waals surface area contributed by atoms with Gasteiger partial charge in [-0.2, -0.15) is 4.57 Å². The molecule has 1 aromatic heterocycles. The molecular weight excluding hydrogens is 496 g/mol. The SMILES string of the molecule is CCC1[n+]2ccccc2-c2cc(N(c3cccc4ccccc34)c3cccc4ccccc34)ccc2C1(CC)CC. The van der Waals surface area contributed by atoms with Crippen LogP contribution >= 0.6 is 0 Å². The summed E-state index contributed by atoms with van der Waals surface area (Å²) in [5.74, 6) is 0. The van der Waals surface area contributed by atoms with Crippen molar-refractivity contribution in [2.75, 3.05) is 4.90 Å². The van der Waals surface area contributed by atoms with E-state index in [9.17, 15) is 0 Å². The minimum atomic E-state index is 0.103. The highest BCUT2D eigenvalue weighted by atomic mass is 15.1. The Morgan fingerprint density at radius 1 is 0.634 bits per heavy atom. The molecular formula is C39H37N2+. The molecule has 0 N–H and O–H groups in total. The van der Waals surface area contributed by atoms with Gasteiger partial charge in [0.05, 0.1) is 22.4 Å². The molecule has 0 bridgehead atoms. The standard InChI is InChI=1S/C39H37N2/c1-4-38-39(5-2,6-3)34-25-24-30(27-33(34)35-21-11-12-26-40(35)38)41(36-22-13-17-28-15-7-9-19-31(28)36)37-23-14-18-29-16-8-10-20-32(29)37/h7-27,38H,4-6H2,1-3H3/q+1. The van der Waals surface area contributed by atoms with E-state index in [4.69, 9.17) is 0 Å². The van der Waals surface area contributed by atoms with E-state index in [-0.39, 0.29) is 5.41 Å². The average molecular weight is 534 g/mol. The lowest BCUT2D eigenvalue weighted by atomic mass is 9.65. The zero-order valence-electron chi connectivity index (χ0n) is 24.2. The number of nitrogens with zero attached hydrogens (tertiary/aromatic N) is 2. The molecule has 202 valence electrons. The maximum Gasteiger partial charge on any atom is 0.213 e. The van der Waals surface area contributed by atoms with E-state index in [0.29, 0.717) is 6.04 Å². The van der Waals surface area contributed by atoms with E-state index >= 15 is 0 Å². The van der Waals surface area contributed by atoms with Gasteiger partial charge in [0.15, 0.2) is 12.2 Å². The molecule has 0 radical (unpaired) electrons. The Balaban J connectivity index is 1.54. The predicted molar refractivity (Wildman–Crippen MR) is 173 cm³/mol. The number of aromatic nitrogens is 1. The Hall–Kier alpha value is -4.43. The van der Waals surface area contributed by atoms with Crippen molar-refractivity contribution in [3.8, 4) is 11.3 Å². The third-order valence-corrected chi connectivity index (χ3v) is 9.60. The highest BCUT2D eigenvalue weighted by molar-refractivity contribution is 6.05. The second kappa shape index (κ2) is 10.2. The molecule has 1 atom stereocenters. The van der Waals surface area contributed by atoms with E-state index in [1.807, 2.05) is 0 Å². The molecule has 1 aliphatic heterocycles. The fourth-order valence-corrected chi connectivity index (χ4v) is 7.62. The average Bonchev–Trinajstić information content (AvgIpc) is 3.04. The van der Waals surface area contributed by atoms with Crippen LogP contribution in [0.5, 0.6) is 0 Å². The molecule has 1 aliphatic rings. The molecule has 1 unspecified atom stereocenters. The van der Waals surface area contributed by atoms with Crippen molar-refractivity contribution in [2.24, 2.45) is 0 Å². The van der Waals surface area contributed by atoms with Crippen molar-refractivity contribution in [2.45, 2.75) is 51.5 Å². The van der Waals surface area contributed by atoms with Gasteiger partial charge in [-0.15, -0.1) is 0 Å². The zero-order chi connectivity index (χ0) is 28.0. The molecule has 5 aromatic carbocycles. The van der Waals surface area contributed by atoms with Gasteiger partial charge in [0.25, 0.3) is 0 Å². The van der Waals surface area contributed by atoms with Crippen LogP contribution in [0.25, 0.3) is 32.8 Å². The highest BCUT2D eigenvalue weighted by Crippen LogP contribution is 2.51. The Bertz CT molecular complexity index is 1790. The zero-order valence-corrected chi connectivity index (χ0v) is 24.2. The predicted octanol–water partition coefficient (Wildman–Crippen LogP) is 10.4. The maximum atomic E-state index is 2.55. The van der Waals surface area contributed by atoms with E-state index in [2.05, 4.69) is 158 Å². The fourth-order valence-electron chi connectivity index (χ4n) is 7.62. The largest absolute Gasteiger partial charge is 0.309 e. The Labute approximate surface area is 243 Å². The van der Waals surface area contributed by atoms with Crippen LogP contribution in [-0.2, 0) is 5.41 Å². The molecule has 2 heteroatoms. The van der Waals surface area contributed by atoms with E-state index in [0.717, 1.165) is 19.3 Å². The summed E-state index contributed by atoms with van der Waals surface area (Å²) in [6, 6.07) is 45.2. The summed E-state index contributed by atoms with van der Waals surface area (Å²) < 4.78 is 2.55. The molecule has 6 aromatic rings. The Morgan fingerprint density at radius 2 is 1.22 bits per heavy atom. The first kappa shape index (κ1) is 25.5. The van der Waals surface area contributed by atoms with Crippen molar-refractivity contribution in [1.82, 2.24) is 0 Å². The van der Waals surface area contributed by atoms with Crippen LogP contribution in [0.1, 0.15) is 51.6 Å². The van der Waals surface area contributed by atoms with Crippen LogP contribution in [0.3, 0.4) is 0 Å².